The summed E-state index contributed by atoms with van der Waals surface area (Å²) < 4.78 is 33.0. The van der Waals surface area contributed by atoms with E-state index in [4.69, 9.17) is 24.3 Å². The van der Waals surface area contributed by atoms with Crippen LogP contribution in [0.1, 0.15) is 149 Å². The second-order valence-electron chi connectivity index (χ2n) is 12.8. The van der Waals surface area contributed by atoms with Crippen LogP contribution in [-0.4, -0.2) is 43.3 Å². The highest BCUT2D eigenvalue weighted by molar-refractivity contribution is 7.47. The third-order valence-electron chi connectivity index (χ3n) is 7.90. The lowest BCUT2D eigenvalue weighted by atomic mass is 10.0. The highest BCUT2D eigenvalue weighted by atomic mass is 31.2. The van der Waals surface area contributed by atoms with Crippen molar-refractivity contribution >= 4 is 13.8 Å². The van der Waals surface area contributed by atoms with Gasteiger partial charge < -0.3 is 20.1 Å². The van der Waals surface area contributed by atoms with Crippen LogP contribution in [0.5, 0.6) is 0 Å². The Balaban J connectivity index is 4.28. The molecule has 0 aliphatic heterocycles. The first-order chi connectivity index (χ1) is 25.4. The summed E-state index contributed by atoms with van der Waals surface area (Å²) in [6.07, 6.45) is 51.3. The Morgan fingerprint density at radius 1 is 0.615 bits per heavy atom. The smallest absolute Gasteiger partial charge is 0.472 e. The second kappa shape index (κ2) is 39.7. The summed E-state index contributed by atoms with van der Waals surface area (Å²) >= 11 is 0. The molecule has 0 heterocycles. The van der Waals surface area contributed by atoms with Crippen molar-refractivity contribution in [1.29, 1.82) is 0 Å². The minimum absolute atomic E-state index is 0.00250. The molecule has 0 aliphatic carbocycles. The van der Waals surface area contributed by atoms with E-state index in [-0.39, 0.29) is 32.8 Å². The van der Waals surface area contributed by atoms with Crippen LogP contribution in [0.25, 0.3) is 0 Å². The van der Waals surface area contributed by atoms with Crippen molar-refractivity contribution in [2.45, 2.75) is 155 Å². The maximum atomic E-state index is 12.5. The molecule has 2 unspecified atom stereocenters. The van der Waals surface area contributed by atoms with Gasteiger partial charge in [-0.15, -0.1) is 0 Å². The average molecular weight is 748 g/mol. The molecule has 0 fully saturated rings. The summed E-state index contributed by atoms with van der Waals surface area (Å²) in [5, 5.41) is 0. The lowest BCUT2D eigenvalue weighted by Crippen LogP contribution is -2.27. The summed E-state index contributed by atoms with van der Waals surface area (Å²) in [4.78, 5) is 22.4. The highest BCUT2D eigenvalue weighted by Gasteiger charge is 2.25. The van der Waals surface area contributed by atoms with E-state index < -0.39 is 19.9 Å². The molecule has 0 amide bonds. The van der Waals surface area contributed by atoms with Gasteiger partial charge in [-0.2, -0.15) is 0 Å². The number of carbonyl (C=O) groups is 1. The van der Waals surface area contributed by atoms with E-state index in [0.29, 0.717) is 6.42 Å². The minimum atomic E-state index is -4.31. The lowest BCUT2D eigenvalue weighted by molar-refractivity contribution is -0.153. The van der Waals surface area contributed by atoms with Gasteiger partial charge in [0.05, 0.1) is 19.5 Å². The maximum absolute atomic E-state index is 12.5. The van der Waals surface area contributed by atoms with Crippen molar-refractivity contribution in [2.75, 3.05) is 26.4 Å². The molecule has 0 aliphatic rings. The topological polar surface area (TPSA) is 117 Å². The summed E-state index contributed by atoms with van der Waals surface area (Å²) in [7, 11) is -4.31. The van der Waals surface area contributed by atoms with E-state index in [1.807, 2.05) is 18.2 Å². The first-order valence-corrected chi connectivity index (χ1v) is 21.6. The quantitative estimate of drug-likeness (QED) is 0.0212. The predicted octanol–water partition coefficient (Wildman–Crippen LogP) is 12.1. The molecule has 0 spiro atoms. The zero-order valence-corrected chi connectivity index (χ0v) is 33.7. The molecular weight excluding hydrogens is 673 g/mol. The van der Waals surface area contributed by atoms with Crippen molar-refractivity contribution in [3.05, 3.63) is 85.3 Å². The Morgan fingerprint density at radius 3 is 1.60 bits per heavy atom. The Hall–Kier alpha value is -2.48. The van der Waals surface area contributed by atoms with E-state index in [0.717, 1.165) is 51.4 Å². The van der Waals surface area contributed by atoms with E-state index >= 15 is 0 Å². The third-order valence-corrected chi connectivity index (χ3v) is 8.89. The van der Waals surface area contributed by atoms with Gasteiger partial charge in [-0.1, -0.05) is 157 Å². The number of allylic oxidation sites excluding steroid dienone is 13. The Bertz CT molecular complexity index is 1060. The molecule has 0 aromatic heterocycles. The van der Waals surface area contributed by atoms with Crippen LogP contribution in [0.3, 0.4) is 0 Å². The average Bonchev–Trinajstić information content (AvgIpc) is 3.13. The predicted molar refractivity (Wildman–Crippen MR) is 219 cm³/mol. The molecule has 0 aromatic carbocycles. The monoisotopic (exact) mass is 748 g/mol. The number of ether oxygens (including phenoxy) is 2. The first-order valence-electron chi connectivity index (χ1n) is 20.1. The molecule has 298 valence electrons. The molecule has 52 heavy (non-hydrogen) atoms. The van der Waals surface area contributed by atoms with Gasteiger partial charge in [-0.3, -0.25) is 13.8 Å². The number of esters is 1. The van der Waals surface area contributed by atoms with Gasteiger partial charge >= 0.3 is 13.8 Å². The Morgan fingerprint density at radius 2 is 1.10 bits per heavy atom. The van der Waals surface area contributed by atoms with E-state index in [1.54, 1.807) is 6.26 Å². The van der Waals surface area contributed by atoms with Gasteiger partial charge in [0.15, 0.2) is 6.10 Å². The van der Waals surface area contributed by atoms with Crippen LogP contribution in [0.4, 0.5) is 0 Å². The third kappa shape index (κ3) is 38.7. The number of rotatable bonds is 37. The number of phosphoric ester groups is 1. The van der Waals surface area contributed by atoms with Crippen LogP contribution in [0, 0.1) is 0 Å². The number of hydrogen-bond acceptors (Lipinski definition) is 7. The van der Waals surface area contributed by atoms with Gasteiger partial charge in [0.1, 0.15) is 6.61 Å². The molecule has 0 aromatic rings. The molecular formula is C43H74NO7P. The molecule has 3 N–H and O–H groups in total. The molecule has 9 heteroatoms. The fourth-order valence-corrected chi connectivity index (χ4v) is 5.75. The van der Waals surface area contributed by atoms with Gasteiger partial charge in [0.2, 0.25) is 0 Å². The SMILES string of the molecule is CCC=CCC=CCC=CCC=CCC=CCC=CCCC(=O)OC(COC=CCCCCCCCCCCCCCC)COP(=O)(O)OCCN. The summed E-state index contributed by atoms with van der Waals surface area (Å²) in [5.74, 6) is -0.437. The summed E-state index contributed by atoms with van der Waals surface area (Å²) in [5.41, 5.74) is 5.35. The zero-order chi connectivity index (χ0) is 38.1. The highest BCUT2D eigenvalue weighted by Crippen LogP contribution is 2.43. The number of phosphoric acid groups is 1. The van der Waals surface area contributed by atoms with Gasteiger partial charge in [-0.25, -0.2) is 4.57 Å². The molecule has 0 saturated carbocycles. The maximum Gasteiger partial charge on any atom is 0.472 e. The van der Waals surface area contributed by atoms with Crippen molar-refractivity contribution < 1.29 is 32.8 Å². The standard InChI is InChI=1S/C43H74NO7P/c1-3-5-7-9-11-13-15-17-19-20-21-22-23-24-26-28-30-32-34-36-43(45)51-42(41-50-52(46,47)49-39-37-44)40-48-38-35-33-31-29-27-25-18-16-14-12-10-8-6-4-2/h5,7,11,13,17,19,21-22,24,26,30,32,35,38,42H,3-4,6,8-10,12,14-16,18,20,23,25,27-29,31,33-34,36-37,39-41,44H2,1-2H3,(H,46,47). The van der Waals surface area contributed by atoms with E-state index in [1.165, 1.54) is 70.6 Å². The summed E-state index contributed by atoms with van der Waals surface area (Å²) in [6.45, 7) is 4.02. The fourth-order valence-electron chi connectivity index (χ4n) is 4.99. The number of unbranched alkanes of at least 4 members (excludes halogenated alkanes) is 12. The Kier molecular flexibility index (Phi) is 37.8. The Labute approximate surface area is 318 Å². The van der Waals surface area contributed by atoms with Crippen LogP contribution in [0.2, 0.25) is 0 Å². The molecule has 0 saturated heterocycles. The van der Waals surface area contributed by atoms with Crippen molar-refractivity contribution in [2.24, 2.45) is 5.73 Å². The van der Waals surface area contributed by atoms with Crippen LogP contribution < -0.4 is 5.73 Å². The van der Waals surface area contributed by atoms with Crippen LogP contribution in [0.15, 0.2) is 85.3 Å². The summed E-state index contributed by atoms with van der Waals surface area (Å²) in [6, 6.07) is 0. The van der Waals surface area contributed by atoms with Crippen molar-refractivity contribution in [3.63, 3.8) is 0 Å². The minimum Gasteiger partial charge on any atom is -0.498 e. The largest absolute Gasteiger partial charge is 0.498 e. The second-order valence-corrected chi connectivity index (χ2v) is 14.3. The molecule has 0 rings (SSSR count). The molecule has 0 bridgehead atoms. The van der Waals surface area contributed by atoms with Crippen LogP contribution in [-0.2, 0) is 27.9 Å². The zero-order valence-electron chi connectivity index (χ0n) is 32.8. The van der Waals surface area contributed by atoms with E-state index in [2.05, 4.69) is 74.6 Å². The van der Waals surface area contributed by atoms with Gasteiger partial charge in [0.25, 0.3) is 0 Å². The number of hydrogen-bond donors (Lipinski definition) is 2. The first kappa shape index (κ1) is 49.5. The van der Waals surface area contributed by atoms with Crippen LogP contribution >= 0.6 is 7.82 Å². The van der Waals surface area contributed by atoms with E-state index in [9.17, 15) is 14.3 Å². The van der Waals surface area contributed by atoms with Gasteiger partial charge in [-0.05, 0) is 63.9 Å². The molecule has 0 radical (unpaired) electrons. The normalized spacial score (nSPS) is 14.4. The number of carbonyl (C=O) groups excluding carboxylic acids is 1. The lowest BCUT2D eigenvalue weighted by Gasteiger charge is -2.19. The van der Waals surface area contributed by atoms with Crippen molar-refractivity contribution in [3.8, 4) is 0 Å². The molecule has 2 atom stereocenters. The fraction of sp³-hybridized carbons (Fsp3) is 0.651. The number of nitrogens with two attached hydrogens (primary N) is 1. The molecule has 8 nitrogen and oxygen atoms in total. The van der Waals surface area contributed by atoms with Gasteiger partial charge in [0, 0.05) is 13.0 Å². The van der Waals surface area contributed by atoms with Crippen molar-refractivity contribution in [1.82, 2.24) is 0 Å².